The van der Waals surface area contributed by atoms with Gasteiger partial charge < -0.3 is 10.1 Å². The molecular weight excluding hydrogens is 620 g/mol. The minimum Gasteiger partial charge on any atom is -0.452 e. The summed E-state index contributed by atoms with van der Waals surface area (Å²) < 4.78 is 5.86. The molecule has 1 fully saturated rings. The first-order valence-corrected chi connectivity index (χ1v) is 14.6. The number of anilines is 2. The van der Waals surface area contributed by atoms with E-state index in [0.717, 1.165) is 22.3 Å². The van der Waals surface area contributed by atoms with E-state index in [4.69, 9.17) is 16.3 Å². The molecule has 1 aliphatic heterocycles. The predicted octanol–water partition coefficient (Wildman–Crippen LogP) is 6.29. The van der Waals surface area contributed by atoms with Crippen LogP contribution >= 0.6 is 27.5 Å². The minimum atomic E-state index is -0.706. The summed E-state index contributed by atoms with van der Waals surface area (Å²) in [7, 11) is 0. The highest BCUT2D eigenvalue weighted by Crippen LogP contribution is 2.61. The highest BCUT2D eigenvalue weighted by atomic mass is 79.9. The summed E-state index contributed by atoms with van der Waals surface area (Å²) in [6, 6.07) is 27.2. The van der Waals surface area contributed by atoms with Gasteiger partial charge in [0, 0.05) is 22.0 Å². The molecule has 0 spiro atoms. The van der Waals surface area contributed by atoms with Crippen LogP contribution in [0.15, 0.2) is 95.5 Å². The standard InChI is InChI=1S/C33H22BrClN2O5/c34-24-14-11-18(15-25(24)35)36-26(38)16-42-33(41)17-9-12-19(13-10-17)37-31(39)29-27-20-5-1-2-6-21(20)28(30(29)32(37)40)23-8-4-3-7-22(23)27/h1-15,27-30H,16H2,(H,36,38)/t27?,28?,29-,30+. The zero-order valence-corrected chi connectivity index (χ0v) is 24.3. The number of ether oxygens (including phenoxy) is 1. The van der Waals surface area contributed by atoms with Crippen molar-refractivity contribution in [3.8, 4) is 0 Å². The van der Waals surface area contributed by atoms with Gasteiger partial charge in [-0.3, -0.25) is 14.4 Å². The van der Waals surface area contributed by atoms with Crippen LogP contribution in [0, 0.1) is 11.8 Å². The van der Waals surface area contributed by atoms with Crippen LogP contribution in [0.3, 0.4) is 0 Å². The fourth-order valence-corrected chi connectivity index (χ4v) is 7.09. The van der Waals surface area contributed by atoms with Crippen molar-refractivity contribution in [2.24, 2.45) is 11.8 Å². The summed E-state index contributed by atoms with van der Waals surface area (Å²) in [5, 5.41) is 3.05. The third kappa shape index (κ3) is 4.16. The van der Waals surface area contributed by atoms with Crippen LogP contribution < -0.4 is 10.2 Å². The molecule has 1 saturated heterocycles. The van der Waals surface area contributed by atoms with Crippen molar-refractivity contribution in [1.29, 1.82) is 0 Å². The number of rotatable bonds is 5. The number of nitrogens with one attached hydrogen (secondary N) is 1. The smallest absolute Gasteiger partial charge is 0.338 e. The van der Waals surface area contributed by atoms with Crippen molar-refractivity contribution in [2.45, 2.75) is 11.8 Å². The van der Waals surface area contributed by atoms with E-state index in [2.05, 4.69) is 45.5 Å². The van der Waals surface area contributed by atoms with Gasteiger partial charge in [-0.05, 0) is 80.6 Å². The first-order valence-electron chi connectivity index (χ1n) is 13.4. The SMILES string of the molecule is O=C(COC(=O)c1ccc(N2C(=O)[C@@H]3C4c5ccccc5C(c5ccccc54)[C@@H]3C2=O)cc1)Nc1ccc(Br)c(Cl)c1. The van der Waals surface area contributed by atoms with Crippen LogP contribution in [-0.4, -0.2) is 30.3 Å². The Bertz CT molecular complexity index is 1690. The molecule has 0 unspecified atom stereocenters. The van der Waals surface area contributed by atoms with Gasteiger partial charge in [0.25, 0.3) is 5.91 Å². The first kappa shape index (κ1) is 26.6. The summed E-state index contributed by atoms with van der Waals surface area (Å²) >= 11 is 9.33. The Hall–Kier alpha value is -4.27. The molecule has 0 aromatic heterocycles. The lowest BCUT2D eigenvalue weighted by atomic mass is 9.55. The number of carbonyl (C=O) groups excluding carboxylic acids is 4. The molecule has 3 amide bonds. The van der Waals surface area contributed by atoms with Crippen molar-refractivity contribution < 1.29 is 23.9 Å². The molecule has 2 atom stereocenters. The number of amides is 3. The Morgan fingerprint density at radius 2 is 1.31 bits per heavy atom. The topological polar surface area (TPSA) is 92.8 Å². The molecule has 0 saturated carbocycles. The lowest BCUT2D eigenvalue weighted by Crippen LogP contribution is -2.41. The quantitative estimate of drug-likeness (QED) is 0.204. The summed E-state index contributed by atoms with van der Waals surface area (Å²) in [6.45, 7) is -0.495. The van der Waals surface area contributed by atoms with Gasteiger partial charge in [0.1, 0.15) is 0 Å². The van der Waals surface area contributed by atoms with Crippen LogP contribution in [0.4, 0.5) is 11.4 Å². The van der Waals surface area contributed by atoms with Crippen LogP contribution in [-0.2, 0) is 19.1 Å². The van der Waals surface area contributed by atoms with Crippen LogP contribution in [0.5, 0.6) is 0 Å². The average molecular weight is 642 g/mol. The van der Waals surface area contributed by atoms with E-state index in [1.165, 1.54) is 17.0 Å². The van der Waals surface area contributed by atoms with Crippen LogP contribution in [0.1, 0.15) is 44.4 Å². The van der Waals surface area contributed by atoms with E-state index in [0.29, 0.717) is 20.9 Å². The van der Waals surface area contributed by atoms with Gasteiger partial charge in [-0.15, -0.1) is 0 Å². The molecule has 208 valence electrons. The molecule has 3 aliphatic carbocycles. The van der Waals surface area contributed by atoms with E-state index in [9.17, 15) is 19.2 Å². The van der Waals surface area contributed by atoms with Gasteiger partial charge in [0.05, 0.1) is 28.1 Å². The van der Waals surface area contributed by atoms with Gasteiger partial charge in [-0.2, -0.15) is 0 Å². The lowest BCUT2D eigenvalue weighted by Gasteiger charge is -2.45. The molecule has 2 bridgehead atoms. The maximum atomic E-state index is 13.9. The van der Waals surface area contributed by atoms with Gasteiger partial charge in [-0.25, -0.2) is 9.69 Å². The van der Waals surface area contributed by atoms with E-state index >= 15 is 0 Å². The van der Waals surface area contributed by atoms with Crippen molar-refractivity contribution in [3.05, 3.63) is 128 Å². The summed E-state index contributed by atoms with van der Waals surface area (Å²) in [5.41, 5.74) is 5.48. The fourth-order valence-electron chi connectivity index (χ4n) is 6.66. The Morgan fingerprint density at radius 3 is 1.81 bits per heavy atom. The second-order valence-corrected chi connectivity index (χ2v) is 11.8. The fraction of sp³-hybridized carbons (Fsp3) is 0.152. The number of benzene rings is 4. The van der Waals surface area contributed by atoms with Gasteiger partial charge in [-0.1, -0.05) is 60.1 Å². The van der Waals surface area contributed by atoms with E-state index < -0.39 is 30.3 Å². The second kappa shape index (κ2) is 10.2. The normalized spacial score (nSPS) is 21.4. The largest absolute Gasteiger partial charge is 0.452 e. The number of carbonyl (C=O) groups is 4. The van der Waals surface area contributed by atoms with Crippen LogP contribution in [0.2, 0.25) is 5.02 Å². The van der Waals surface area contributed by atoms with Crippen LogP contribution in [0.25, 0.3) is 0 Å². The number of hydrogen-bond acceptors (Lipinski definition) is 5. The molecular formula is C33H22BrClN2O5. The molecule has 7 nitrogen and oxygen atoms in total. The predicted molar refractivity (Wildman–Crippen MR) is 161 cm³/mol. The summed E-state index contributed by atoms with van der Waals surface area (Å²) in [4.78, 5) is 54.0. The zero-order valence-electron chi connectivity index (χ0n) is 21.9. The molecule has 42 heavy (non-hydrogen) atoms. The summed E-state index contributed by atoms with van der Waals surface area (Å²) in [6.07, 6.45) is 0. The zero-order chi connectivity index (χ0) is 29.1. The number of esters is 1. The Morgan fingerprint density at radius 1 is 0.786 bits per heavy atom. The Labute approximate surface area is 254 Å². The maximum absolute atomic E-state index is 13.9. The molecule has 8 rings (SSSR count). The Balaban J connectivity index is 1.08. The number of imide groups is 1. The van der Waals surface area contributed by atoms with E-state index in [-0.39, 0.29) is 29.2 Å². The molecule has 0 radical (unpaired) electrons. The second-order valence-electron chi connectivity index (χ2n) is 10.6. The third-order valence-electron chi connectivity index (χ3n) is 8.35. The third-order valence-corrected chi connectivity index (χ3v) is 9.58. The van der Waals surface area contributed by atoms with Gasteiger partial charge >= 0.3 is 5.97 Å². The van der Waals surface area contributed by atoms with Crippen molar-refractivity contribution in [2.75, 3.05) is 16.8 Å². The van der Waals surface area contributed by atoms with E-state index in [1.54, 1.807) is 30.3 Å². The first-order chi connectivity index (χ1) is 20.3. The van der Waals surface area contributed by atoms with E-state index in [1.807, 2.05) is 24.3 Å². The van der Waals surface area contributed by atoms with Crippen molar-refractivity contribution in [3.63, 3.8) is 0 Å². The molecule has 9 heteroatoms. The minimum absolute atomic E-state index is 0.189. The maximum Gasteiger partial charge on any atom is 0.338 e. The highest BCUT2D eigenvalue weighted by molar-refractivity contribution is 9.10. The van der Waals surface area contributed by atoms with Gasteiger partial charge in [0.15, 0.2) is 6.61 Å². The monoisotopic (exact) mass is 640 g/mol. The van der Waals surface area contributed by atoms with Gasteiger partial charge in [0.2, 0.25) is 11.8 Å². The molecule has 1 N–H and O–H groups in total. The van der Waals surface area contributed by atoms with Crippen molar-refractivity contribution >= 4 is 62.6 Å². The highest BCUT2D eigenvalue weighted by Gasteiger charge is 2.61. The number of hydrogen-bond donors (Lipinski definition) is 1. The lowest BCUT2D eigenvalue weighted by molar-refractivity contribution is -0.122. The molecule has 1 heterocycles. The number of halogens is 2. The average Bonchev–Trinajstić information content (AvgIpc) is 3.28. The Kier molecular flexibility index (Phi) is 6.48. The molecule has 4 aliphatic rings. The van der Waals surface area contributed by atoms with Crippen molar-refractivity contribution in [1.82, 2.24) is 0 Å². The summed E-state index contributed by atoms with van der Waals surface area (Å²) in [5.74, 6) is -3.06. The number of nitrogens with zero attached hydrogens (tertiary/aromatic N) is 1. The molecule has 4 aromatic carbocycles. The molecule has 4 aromatic rings.